The van der Waals surface area contributed by atoms with Crippen LogP contribution in [0.15, 0.2) is 40.1 Å². The van der Waals surface area contributed by atoms with Crippen LogP contribution >= 0.6 is 11.6 Å². The van der Waals surface area contributed by atoms with Gasteiger partial charge in [0.2, 0.25) is 5.91 Å². The molecule has 1 aliphatic rings. The average Bonchev–Trinajstić information content (AvgIpc) is 3.24. The number of hydrogen-bond acceptors (Lipinski definition) is 4. The molecular weight excluding hydrogens is 411 g/mol. The van der Waals surface area contributed by atoms with E-state index >= 15 is 0 Å². The first-order valence-electron chi connectivity index (χ1n) is 9.70. The van der Waals surface area contributed by atoms with Crippen molar-refractivity contribution in [2.24, 2.45) is 14.1 Å². The third kappa shape index (κ3) is 4.71. The van der Waals surface area contributed by atoms with E-state index in [2.05, 4.69) is 10.2 Å². The number of hydrogen-bond donors (Lipinski definition) is 1. The van der Waals surface area contributed by atoms with E-state index in [1.807, 2.05) is 0 Å². The molecule has 7 nitrogen and oxygen atoms in total. The smallest absolute Gasteiger partial charge is 0.330 e. The van der Waals surface area contributed by atoms with Crippen molar-refractivity contribution in [2.75, 3.05) is 19.6 Å². The SMILES string of the molecule is Cn1cc(/C=C/C(=O)NCC(c2c(F)cccc2Cl)N2CCCC2)c(=O)n(C)c1=O. The zero-order chi connectivity index (χ0) is 21.8. The lowest BCUT2D eigenvalue weighted by Gasteiger charge is -2.29. The number of aromatic nitrogens is 2. The molecule has 1 aromatic heterocycles. The number of nitrogens with zero attached hydrogens (tertiary/aromatic N) is 3. The normalized spacial score (nSPS) is 15.6. The van der Waals surface area contributed by atoms with Gasteiger partial charge in [-0.25, -0.2) is 9.18 Å². The minimum absolute atomic E-state index is 0.176. The fourth-order valence-corrected chi connectivity index (χ4v) is 3.96. The van der Waals surface area contributed by atoms with E-state index in [-0.39, 0.29) is 18.2 Å². The second-order valence-corrected chi connectivity index (χ2v) is 7.72. The summed E-state index contributed by atoms with van der Waals surface area (Å²) in [6, 6.07) is 4.17. The maximum atomic E-state index is 14.5. The lowest BCUT2D eigenvalue weighted by Crippen LogP contribution is -2.38. The van der Waals surface area contributed by atoms with E-state index in [0.717, 1.165) is 30.5 Å². The summed E-state index contributed by atoms with van der Waals surface area (Å²) < 4.78 is 16.7. The zero-order valence-corrected chi connectivity index (χ0v) is 17.7. The molecule has 9 heteroatoms. The molecule has 0 saturated carbocycles. The summed E-state index contributed by atoms with van der Waals surface area (Å²) in [7, 11) is 2.90. The van der Waals surface area contributed by atoms with Gasteiger partial charge in [0.25, 0.3) is 5.56 Å². The zero-order valence-electron chi connectivity index (χ0n) is 16.9. The Morgan fingerprint density at radius 2 is 1.97 bits per heavy atom. The van der Waals surface area contributed by atoms with Crippen molar-refractivity contribution in [3.05, 3.63) is 73.3 Å². The predicted octanol–water partition coefficient (Wildman–Crippen LogP) is 1.84. The third-order valence-corrected chi connectivity index (χ3v) is 5.60. The Hall–Kier alpha value is -2.71. The maximum absolute atomic E-state index is 14.5. The van der Waals surface area contributed by atoms with Gasteiger partial charge in [-0.2, -0.15) is 0 Å². The molecule has 0 bridgehead atoms. The van der Waals surface area contributed by atoms with Crippen LogP contribution in [0.1, 0.15) is 30.0 Å². The van der Waals surface area contributed by atoms with Gasteiger partial charge in [0.1, 0.15) is 5.82 Å². The van der Waals surface area contributed by atoms with Crippen molar-refractivity contribution in [2.45, 2.75) is 18.9 Å². The van der Waals surface area contributed by atoms with E-state index < -0.39 is 23.0 Å². The molecule has 1 unspecified atom stereocenters. The Morgan fingerprint density at radius 1 is 1.27 bits per heavy atom. The molecule has 0 radical (unpaired) electrons. The number of rotatable bonds is 6. The average molecular weight is 435 g/mol. The van der Waals surface area contributed by atoms with Gasteiger partial charge < -0.3 is 9.88 Å². The molecule has 2 heterocycles. The van der Waals surface area contributed by atoms with Crippen molar-refractivity contribution in [1.82, 2.24) is 19.4 Å². The first-order chi connectivity index (χ1) is 14.3. The Morgan fingerprint density at radius 3 is 2.63 bits per heavy atom. The van der Waals surface area contributed by atoms with Crippen LogP contribution in [0.2, 0.25) is 5.02 Å². The highest BCUT2D eigenvalue weighted by Gasteiger charge is 2.27. The summed E-state index contributed by atoms with van der Waals surface area (Å²) in [5, 5.41) is 3.10. The highest BCUT2D eigenvalue weighted by atomic mass is 35.5. The van der Waals surface area contributed by atoms with Crippen LogP contribution in [0.4, 0.5) is 4.39 Å². The van der Waals surface area contributed by atoms with Crippen molar-refractivity contribution in [3.63, 3.8) is 0 Å². The number of carbonyl (C=O) groups excluding carboxylic acids is 1. The van der Waals surface area contributed by atoms with Crippen molar-refractivity contribution >= 4 is 23.6 Å². The van der Waals surface area contributed by atoms with Crippen LogP contribution in [0.3, 0.4) is 0 Å². The third-order valence-electron chi connectivity index (χ3n) is 5.27. The fourth-order valence-electron chi connectivity index (χ4n) is 3.67. The second kappa shape index (κ2) is 9.40. The fraction of sp³-hybridized carbons (Fsp3) is 0.381. The highest BCUT2D eigenvalue weighted by Crippen LogP contribution is 2.31. The van der Waals surface area contributed by atoms with Gasteiger partial charge in [-0.3, -0.25) is 19.1 Å². The van der Waals surface area contributed by atoms with Gasteiger partial charge in [-0.15, -0.1) is 0 Å². The summed E-state index contributed by atoms with van der Waals surface area (Å²) in [5.41, 5.74) is -0.354. The molecule has 2 aromatic rings. The molecule has 1 amide bonds. The Kier molecular flexibility index (Phi) is 6.89. The Labute approximate surface area is 178 Å². The van der Waals surface area contributed by atoms with E-state index in [1.165, 1.54) is 43.1 Å². The van der Waals surface area contributed by atoms with Gasteiger partial charge in [-0.05, 0) is 44.1 Å². The van der Waals surface area contributed by atoms with Crippen LogP contribution in [-0.2, 0) is 18.9 Å². The van der Waals surface area contributed by atoms with E-state index in [9.17, 15) is 18.8 Å². The molecule has 1 aliphatic heterocycles. The van der Waals surface area contributed by atoms with Crippen LogP contribution in [0.5, 0.6) is 0 Å². The summed E-state index contributed by atoms with van der Waals surface area (Å²) >= 11 is 6.26. The molecule has 1 aromatic carbocycles. The van der Waals surface area contributed by atoms with E-state index in [0.29, 0.717) is 10.6 Å². The van der Waals surface area contributed by atoms with Crippen LogP contribution in [0.25, 0.3) is 6.08 Å². The van der Waals surface area contributed by atoms with Crippen LogP contribution in [-0.4, -0.2) is 39.6 Å². The van der Waals surface area contributed by atoms with E-state index in [4.69, 9.17) is 11.6 Å². The summed E-state index contributed by atoms with van der Waals surface area (Å²) in [6.45, 7) is 1.78. The van der Waals surface area contributed by atoms with Gasteiger partial charge >= 0.3 is 5.69 Å². The first kappa shape index (κ1) is 22.0. The molecular formula is C21H24ClFN4O3. The molecule has 1 fully saturated rings. The second-order valence-electron chi connectivity index (χ2n) is 7.31. The lowest BCUT2D eigenvalue weighted by atomic mass is 10.0. The number of nitrogens with one attached hydrogen (secondary N) is 1. The number of carbonyl (C=O) groups is 1. The quantitative estimate of drug-likeness (QED) is 0.704. The van der Waals surface area contributed by atoms with Gasteiger partial charge in [0.15, 0.2) is 0 Å². The molecule has 0 aliphatic carbocycles. The summed E-state index contributed by atoms with van der Waals surface area (Å²) in [6.07, 6.45) is 5.97. The molecule has 3 rings (SSSR count). The van der Waals surface area contributed by atoms with Crippen molar-refractivity contribution in [1.29, 1.82) is 0 Å². The number of benzene rings is 1. The van der Waals surface area contributed by atoms with Crippen molar-refractivity contribution in [3.8, 4) is 0 Å². The Bertz CT molecular complexity index is 1070. The minimum atomic E-state index is -0.491. The standard InChI is InChI=1S/C21H24ClFN4O3/c1-25-13-14(20(29)26(2)21(25)30)8-9-18(28)24-12-17(27-10-3-4-11-27)19-15(22)6-5-7-16(19)23/h5-9,13,17H,3-4,10-12H2,1-2H3,(H,24,28)/b9-8+. The first-order valence-corrected chi connectivity index (χ1v) is 10.1. The lowest BCUT2D eigenvalue weighted by molar-refractivity contribution is -0.116. The molecule has 160 valence electrons. The van der Waals surface area contributed by atoms with Crippen LogP contribution < -0.4 is 16.6 Å². The largest absolute Gasteiger partial charge is 0.351 e. The molecule has 1 saturated heterocycles. The van der Waals surface area contributed by atoms with Crippen LogP contribution in [0, 0.1) is 5.82 Å². The summed E-state index contributed by atoms with van der Waals surface area (Å²) in [4.78, 5) is 38.4. The molecule has 1 atom stereocenters. The molecule has 1 N–H and O–H groups in total. The minimum Gasteiger partial charge on any atom is -0.351 e. The number of amides is 1. The monoisotopic (exact) mass is 434 g/mol. The molecule has 30 heavy (non-hydrogen) atoms. The van der Waals surface area contributed by atoms with E-state index in [1.54, 1.807) is 12.1 Å². The topological polar surface area (TPSA) is 76.3 Å². The number of aryl methyl sites for hydroxylation is 1. The number of halogens is 2. The predicted molar refractivity (Wildman–Crippen MR) is 114 cm³/mol. The van der Waals surface area contributed by atoms with Gasteiger partial charge in [0, 0.05) is 43.5 Å². The molecule has 0 spiro atoms. The Balaban J connectivity index is 1.76. The highest BCUT2D eigenvalue weighted by molar-refractivity contribution is 6.31. The number of likely N-dealkylation sites (tertiary alicyclic amines) is 1. The summed E-state index contributed by atoms with van der Waals surface area (Å²) in [5.74, 6) is -0.833. The van der Waals surface area contributed by atoms with Gasteiger partial charge in [0.05, 0.1) is 11.6 Å². The van der Waals surface area contributed by atoms with Gasteiger partial charge in [-0.1, -0.05) is 17.7 Å². The maximum Gasteiger partial charge on any atom is 0.330 e. The van der Waals surface area contributed by atoms with Crippen molar-refractivity contribution < 1.29 is 9.18 Å².